The van der Waals surface area contributed by atoms with E-state index in [1.165, 1.54) is 0 Å². The van der Waals surface area contributed by atoms with Crippen LogP contribution in [0.3, 0.4) is 0 Å². The second-order valence-corrected chi connectivity index (χ2v) is 11.0. The Morgan fingerprint density at radius 1 is 1.10 bits per heavy atom. The highest BCUT2D eigenvalue weighted by molar-refractivity contribution is 8.14. The summed E-state index contributed by atoms with van der Waals surface area (Å²) in [6, 6.07) is 11.0. The Morgan fingerprint density at radius 2 is 1.88 bits per heavy atom. The Bertz CT molecular complexity index is 1310. The molecule has 220 valence electrons. The lowest BCUT2D eigenvalue weighted by Crippen LogP contribution is -2.39. The molecule has 2 aromatic rings. The van der Waals surface area contributed by atoms with Gasteiger partial charge in [-0.2, -0.15) is 5.10 Å². The van der Waals surface area contributed by atoms with Crippen molar-refractivity contribution in [3.8, 4) is 11.5 Å². The molecule has 0 spiro atoms. The van der Waals surface area contributed by atoms with Gasteiger partial charge in [0, 0.05) is 24.3 Å². The fraction of sp³-hybridized carbons (Fsp3) is 0.467. The maximum Gasteiger partial charge on any atom is 0.438 e. The first kappa shape index (κ1) is 30.4. The maximum absolute atomic E-state index is 13.6. The molecule has 4 rings (SSSR count). The Hall–Kier alpha value is -3.57. The van der Waals surface area contributed by atoms with Gasteiger partial charge in [-0.15, -0.1) is 5.01 Å². The second-order valence-electron chi connectivity index (χ2n) is 9.67. The fourth-order valence-electron chi connectivity index (χ4n) is 4.96. The summed E-state index contributed by atoms with van der Waals surface area (Å²) in [7, 11) is 1.57. The lowest BCUT2D eigenvalue weighted by Gasteiger charge is -2.31. The number of carbonyl (C=O) groups is 3. The largest absolute Gasteiger partial charge is 0.493 e. The van der Waals surface area contributed by atoms with Gasteiger partial charge < -0.3 is 24.0 Å². The van der Waals surface area contributed by atoms with Gasteiger partial charge in [0.2, 0.25) is 0 Å². The molecule has 0 radical (unpaired) electrons. The highest BCUT2D eigenvalue weighted by Crippen LogP contribution is 2.34. The minimum atomic E-state index is -0.778. The molecule has 0 saturated carbocycles. The van der Waals surface area contributed by atoms with Crippen molar-refractivity contribution in [2.24, 2.45) is 5.10 Å². The van der Waals surface area contributed by atoms with Gasteiger partial charge >= 0.3 is 11.3 Å². The molecule has 0 saturated heterocycles. The van der Waals surface area contributed by atoms with Crippen molar-refractivity contribution >= 4 is 40.4 Å². The number of benzene rings is 2. The van der Waals surface area contributed by atoms with E-state index in [2.05, 4.69) is 10.0 Å². The first-order valence-electron chi connectivity index (χ1n) is 14.1. The zero-order valence-corrected chi connectivity index (χ0v) is 25.2. The Morgan fingerprint density at radius 3 is 2.59 bits per heavy atom. The first-order chi connectivity index (χ1) is 19.8. The number of nitrogens with zero attached hydrogens (tertiary/aromatic N) is 4. The van der Waals surface area contributed by atoms with Crippen LogP contribution in [0.1, 0.15) is 55.6 Å². The number of rotatable bonds is 10. The van der Waals surface area contributed by atoms with Crippen molar-refractivity contribution in [2.45, 2.75) is 45.8 Å². The van der Waals surface area contributed by atoms with Crippen molar-refractivity contribution in [3.05, 3.63) is 53.1 Å². The van der Waals surface area contributed by atoms with Gasteiger partial charge in [0.05, 0.1) is 24.7 Å². The van der Waals surface area contributed by atoms with Gasteiger partial charge in [-0.3, -0.25) is 9.59 Å². The third kappa shape index (κ3) is 6.84. The van der Waals surface area contributed by atoms with Crippen LogP contribution in [-0.2, 0) is 11.2 Å². The summed E-state index contributed by atoms with van der Waals surface area (Å²) in [4.78, 5) is 42.8. The summed E-state index contributed by atoms with van der Waals surface area (Å²) in [5.41, 5.74) is 3.76. The van der Waals surface area contributed by atoms with Crippen LogP contribution in [0.25, 0.3) is 0 Å². The number of methoxy groups -OCH3 is 1. The molecule has 0 bridgehead atoms. The van der Waals surface area contributed by atoms with Crippen molar-refractivity contribution in [1.29, 1.82) is 0 Å². The summed E-state index contributed by atoms with van der Waals surface area (Å²) in [6.07, 6.45) is 0.821. The smallest absolute Gasteiger partial charge is 0.438 e. The second kappa shape index (κ2) is 13.9. The number of ether oxygens (including phenoxy) is 3. The summed E-state index contributed by atoms with van der Waals surface area (Å²) in [5, 5.41) is 4.53. The molecule has 2 aliphatic heterocycles. The number of anilines is 1. The number of carbonyl (C=O) groups excluding carboxylic acids is 3. The van der Waals surface area contributed by atoms with Crippen molar-refractivity contribution in [2.75, 3.05) is 51.4 Å². The molecule has 3 amide bonds. The molecule has 41 heavy (non-hydrogen) atoms. The maximum atomic E-state index is 13.6. The summed E-state index contributed by atoms with van der Waals surface area (Å²) < 4.78 is 16.4. The molecule has 2 aliphatic rings. The van der Waals surface area contributed by atoms with Gasteiger partial charge in [-0.05, 0) is 81.2 Å². The van der Waals surface area contributed by atoms with Crippen LogP contribution < -0.4 is 14.4 Å². The molecule has 1 atom stereocenters. The zero-order chi connectivity index (χ0) is 29.5. The monoisotopic (exact) mass is 582 g/mol. The minimum absolute atomic E-state index is 0.120. The zero-order valence-electron chi connectivity index (χ0n) is 24.3. The summed E-state index contributed by atoms with van der Waals surface area (Å²) in [6.45, 7) is 11.4. The normalized spacial score (nSPS) is 16.8. The topological polar surface area (TPSA) is 101 Å². The number of amides is 3. The molecular formula is C30H38N4O6S. The van der Waals surface area contributed by atoms with Gasteiger partial charge in [0.1, 0.15) is 6.61 Å². The number of likely N-dealkylation sites (N-methyl/N-ethyl adjacent to an activating group) is 1. The number of hydrogen-bond acceptors (Lipinski definition) is 9. The Labute approximate surface area is 245 Å². The standard InChI is InChI=1S/C30H38N4O6S/c1-6-32(7-2)16-17-40-29(36)34-30(37)41-20(4)27(31-34)22-11-13-24-21(18-22)10-9-15-33(24)28(35)23-12-14-25(38-5)26(19-23)39-8-3/h11-14,18-20H,6-10,15-17H2,1-5H3. The fourth-order valence-corrected chi connectivity index (χ4v) is 5.77. The summed E-state index contributed by atoms with van der Waals surface area (Å²) in [5.74, 6) is 0.985. The number of hydrogen-bond donors (Lipinski definition) is 0. The molecule has 0 fully saturated rings. The molecule has 10 nitrogen and oxygen atoms in total. The van der Waals surface area contributed by atoms with Gasteiger partial charge in [-0.25, -0.2) is 4.79 Å². The average Bonchev–Trinajstić information content (AvgIpc) is 2.98. The van der Waals surface area contributed by atoms with Gasteiger partial charge in [0.25, 0.3) is 5.91 Å². The molecule has 11 heteroatoms. The number of aryl methyl sites for hydroxylation is 1. The van der Waals surface area contributed by atoms with Crippen molar-refractivity contribution in [1.82, 2.24) is 9.91 Å². The lowest BCUT2D eigenvalue weighted by molar-refractivity contribution is 0.0983. The summed E-state index contributed by atoms with van der Waals surface area (Å²) >= 11 is 1.04. The number of fused-ring (bicyclic) bond motifs is 1. The van der Waals surface area contributed by atoms with E-state index >= 15 is 0 Å². The van der Waals surface area contributed by atoms with E-state index in [0.717, 1.165) is 59.5 Å². The van der Waals surface area contributed by atoms with Crippen LogP contribution in [0.5, 0.6) is 11.5 Å². The number of imide groups is 1. The van der Waals surface area contributed by atoms with E-state index in [4.69, 9.17) is 14.2 Å². The quantitative estimate of drug-likeness (QED) is 0.366. The molecule has 0 aromatic heterocycles. The molecule has 0 N–H and O–H groups in total. The van der Waals surface area contributed by atoms with Crippen LogP contribution in [-0.4, -0.2) is 84.6 Å². The molecular weight excluding hydrogens is 544 g/mol. The average molecular weight is 583 g/mol. The molecule has 1 unspecified atom stereocenters. The SMILES string of the molecule is CCOc1cc(C(=O)N2CCCc3cc(C4=NN(C(=O)OCCN(CC)CC)C(=O)SC4C)ccc32)ccc1OC. The predicted molar refractivity (Wildman–Crippen MR) is 161 cm³/mol. The van der Waals surface area contributed by atoms with E-state index in [0.29, 0.717) is 42.5 Å². The van der Waals surface area contributed by atoms with Crippen LogP contribution in [0, 0.1) is 0 Å². The van der Waals surface area contributed by atoms with Gasteiger partial charge in [0.15, 0.2) is 11.5 Å². The van der Waals surface area contributed by atoms with Crippen molar-refractivity contribution < 1.29 is 28.6 Å². The van der Waals surface area contributed by atoms with E-state index in [1.54, 1.807) is 30.2 Å². The number of thioether (sulfide) groups is 1. The van der Waals surface area contributed by atoms with E-state index < -0.39 is 11.3 Å². The number of hydrazone groups is 1. The van der Waals surface area contributed by atoms with Gasteiger partial charge in [-0.1, -0.05) is 31.7 Å². The lowest BCUT2D eigenvalue weighted by atomic mass is 9.96. The van der Waals surface area contributed by atoms with E-state index in [1.807, 2.05) is 45.9 Å². The van der Waals surface area contributed by atoms with E-state index in [9.17, 15) is 14.4 Å². The van der Waals surface area contributed by atoms with Crippen LogP contribution in [0.2, 0.25) is 0 Å². The van der Waals surface area contributed by atoms with Crippen molar-refractivity contribution in [3.63, 3.8) is 0 Å². The van der Waals surface area contributed by atoms with Crippen LogP contribution in [0.4, 0.5) is 15.3 Å². The van der Waals surface area contributed by atoms with Crippen LogP contribution in [0.15, 0.2) is 41.5 Å². The highest BCUT2D eigenvalue weighted by Gasteiger charge is 2.34. The minimum Gasteiger partial charge on any atom is -0.493 e. The Kier molecular flexibility index (Phi) is 10.3. The predicted octanol–water partition coefficient (Wildman–Crippen LogP) is 5.43. The highest BCUT2D eigenvalue weighted by atomic mass is 32.2. The Balaban J connectivity index is 1.55. The third-order valence-electron chi connectivity index (χ3n) is 7.19. The molecule has 2 aromatic carbocycles. The first-order valence-corrected chi connectivity index (χ1v) is 14.9. The third-order valence-corrected chi connectivity index (χ3v) is 8.14. The molecule has 0 aliphatic carbocycles. The van der Waals surface area contributed by atoms with E-state index in [-0.39, 0.29) is 17.8 Å². The van der Waals surface area contributed by atoms with Crippen LogP contribution >= 0.6 is 11.8 Å². The molecule has 2 heterocycles.